The predicted octanol–water partition coefficient (Wildman–Crippen LogP) is 5.23. The minimum atomic E-state index is 0.715. The average molecular weight is 323 g/mol. The van der Waals surface area contributed by atoms with Crippen molar-refractivity contribution < 1.29 is 0 Å². The first-order valence-electron chi connectivity index (χ1n) is 5.67. The van der Waals surface area contributed by atoms with Gasteiger partial charge in [-0.2, -0.15) is 0 Å². The van der Waals surface area contributed by atoms with Crippen LogP contribution in [0, 0.1) is 0 Å². The van der Waals surface area contributed by atoms with Crippen LogP contribution in [0.1, 0.15) is 5.56 Å². The molecule has 0 unspecified atom stereocenters. The van der Waals surface area contributed by atoms with E-state index in [2.05, 4.69) is 45.5 Å². The molecule has 0 spiro atoms. The van der Waals surface area contributed by atoms with Crippen molar-refractivity contribution in [1.82, 2.24) is 0 Å². The van der Waals surface area contributed by atoms with Crippen LogP contribution in [0.4, 0.5) is 5.69 Å². The van der Waals surface area contributed by atoms with E-state index in [-0.39, 0.29) is 0 Å². The number of anilines is 1. The monoisotopic (exact) mass is 321 g/mol. The van der Waals surface area contributed by atoms with E-state index in [1.165, 1.54) is 5.56 Å². The molecule has 1 nitrogen and oxygen atoms in total. The summed E-state index contributed by atoms with van der Waals surface area (Å²) in [6.07, 6.45) is 4.17. The lowest BCUT2D eigenvalue weighted by Crippen LogP contribution is -1.98. The summed E-state index contributed by atoms with van der Waals surface area (Å²) in [5.74, 6) is 0. The second-order valence-electron chi connectivity index (χ2n) is 3.80. The van der Waals surface area contributed by atoms with Gasteiger partial charge in [0.2, 0.25) is 0 Å². The van der Waals surface area contributed by atoms with Crippen LogP contribution < -0.4 is 5.32 Å². The molecular weight excluding hydrogens is 310 g/mol. The highest BCUT2D eigenvalue weighted by atomic mass is 79.9. The summed E-state index contributed by atoms with van der Waals surface area (Å²) in [5, 5.41) is 4.02. The van der Waals surface area contributed by atoms with E-state index in [9.17, 15) is 0 Å². The molecule has 92 valence electrons. The van der Waals surface area contributed by atoms with E-state index in [1.807, 2.05) is 36.4 Å². The molecule has 0 amide bonds. The first-order chi connectivity index (χ1) is 8.77. The Morgan fingerprint density at radius 1 is 1.06 bits per heavy atom. The van der Waals surface area contributed by atoms with Crippen molar-refractivity contribution in [2.45, 2.75) is 0 Å². The van der Waals surface area contributed by atoms with Gasteiger partial charge < -0.3 is 5.32 Å². The molecular formula is C15H13BrClN. The van der Waals surface area contributed by atoms with Crippen molar-refractivity contribution >= 4 is 39.3 Å². The lowest BCUT2D eigenvalue weighted by Gasteiger charge is -2.06. The summed E-state index contributed by atoms with van der Waals surface area (Å²) >= 11 is 9.48. The summed E-state index contributed by atoms with van der Waals surface area (Å²) in [6.45, 7) is 0.758. The number of nitrogens with one attached hydrogen (secondary N) is 1. The van der Waals surface area contributed by atoms with Gasteiger partial charge in [-0.15, -0.1) is 0 Å². The van der Waals surface area contributed by atoms with E-state index in [0.717, 1.165) is 16.7 Å². The maximum Gasteiger partial charge on any atom is 0.0593 e. The zero-order valence-electron chi connectivity index (χ0n) is 9.74. The highest BCUT2D eigenvalue weighted by Gasteiger charge is 2.01. The van der Waals surface area contributed by atoms with Crippen molar-refractivity contribution in [2.75, 3.05) is 11.9 Å². The molecule has 2 aromatic rings. The van der Waals surface area contributed by atoms with Crippen molar-refractivity contribution in [3.63, 3.8) is 0 Å². The molecule has 0 heterocycles. The Morgan fingerprint density at radius 2 is 1.83 bits per heavy atom. The minimum Gasteiger partial charge on any atom is -0.381 e. The summed E-state index contributed by atoms with van der Waals surface area (Å²) in [7, 11) is 0. The fraction of sp³-hybridized carbons (Fsp3) is 0.0667. The molecule has 0 atom stereocenters. The fourth-order valence-electron chi connectivity index (χ4n) is 1.57. The van der Waals surface area contributed by atoms with Gasteiger partial charge in [-0.25, -0.2) is 0 Å². The Bertz CT molecular complexity index is 537. The van der Waals surface area contributed by atoms with Gasteiger partial charge in [-0.3, -0.25) is 0 Å². The Hall–Kier alpha value is -1.25. The van der Waals surface area contributed by atoms with Crippen molar-refractivity contribution in [1.29, 1.82) is 0 Å². The Kier molecular flexibility index (Phi) is 4.85. The Morgan fingerprint density at radius 3 is 2.61 bits per heavy atom. The van der Waals surface area contributed by atoms with Crippen LogP contribution in [0.15, 0.2) is 59.1 Å². The highest BCUT2D eigenvalue weighted by molar-refractivity contribution is 9.10. The Labute approximate surface area is 121 Å². The molecule has 0 bridgehead atoms. The molecule has 1 N–H and O–H groups in total. The molecule has 0 aliphatic carbocycles. The van der Waals surface area contributed by atoms with Gasteiger partial charge in [0.25, 0.3) is 0 Å². The molecule has 0 aliphatic rings. The number of benzene rings is 2. The topological polar surface area (TPSA) is 12.0 Å². The van der Waals surface area contributed by atoms with Crippen LogP contribution in [0.25, 0.3) is 6.08 Å². The molecule has 18 heavy (non-hydrogen) atoms. The lowest BCUT2D eigenvalue weighted by molar-refractivity contribution is 1.33. The summed E-state index contributed by atoms with van der Waals surface area (Å²) < 4.78 is 0.903. The van der Waals surface area contributed by atoms with Crippen LogP contribution in [-0.4, -0.2) is 6.54 Å². The van der Waals surface area contributed by atoms with E-state index in [4.69, 9.17) is 11.6 Å². The maximum absolute atomic E-state index is 6.02. The van der Waals surface area contributed by atoms with Gasteiger partial charge in [0.05, 0.1) is 15.2 Å². The van der Waals surface area contributed by atoms with E-state index in [0.29, 0.717) is 5.02 Å². The largest absolute Gasteiger partial charge is 0.381 e. The molecule has 0 saturated carbocycles. The second-order valence-corrected chi connectivity index (χ2v) is 5.00. The van der Waals surface area contributed by atoms with Crippen molar-refractivity contribution in [3.8, 4) is 0 Å². The third-order valence-electron chi connectivity index (χ3n) is 2.47. The first-order valence-corrected chi connectivity index (χ1v) is 6.84. The predicted molar refractivity (Wildman–Crippen MR) is 83.1 cm³/mol. The second kappa shape index (κ2) is 6.62. The fourth-order valence-corrected chi connectivity index (χ4v) is 2.15. The molecule has 2 aromatic carbocycles. The minimum absolute atomic E-state index is 0.715. The van der Waals surface area contributed by atoms with Gasteiger partial charge in [0.1, 0.15) is 0 Å². The molecule has 2 rings (SSSR count). The van der Waals surface area contributed by atoms with Gasteiger partial charge in [-0.1, -0.05) is 60.2 Å². The molecule has 0 radical (unpaired) electrons. The zero-order chi connectivity index (χ0) is 12.8. The van der Waals surface area contributed by atoms with Crippen LogP contribution >= 0.6 is 27.5 Å². The molecule has 0 fully saturated rings. The van der Waals surface area contributed by atoms with Crippen LogP contribution in [0.3, 0.4) is 0 Å². The number of hydrogen-bond acceptors (Lipinski definition) is 1. The van der Waals surface area contributed by atoms with E-state index in [1.54, 1.807) is 0 Å². The third-order valence-corrected chi connectivity index (χ3v) is 3.87. The summed E-state index contributed by atoms with van der Waals surface area (Å²) in [4.78, 5) is 0. The van der Waals surface area contributed by atoms with E-state index < -0.39 is 0 Å². The quantitative estimate of drug-likeness (QED) is 0.813. The van der Waals surface area contributed by atoms with Gasteiger partial charge in [0.15, 0.2) is 0 Å². The van der Waals surface area contributed by atoms with Gasteiger partial charge in [-0.05, 0) is 33.6 Å². The zero-order valence-corrected chi connectivity index (χ0v) is 12.1. The smallest absolute Gasteiger partial charge is 0.0593 e. The standard InChI is InChI=1S/C15H13BrClN/c16-15-13(17)9-4-10-14(15)18-11-5-8-12-6-2-1-3-7-12/h1-10,18H,11H2/b8-5+. The number of rotatable bonds is 4. The average Bonchev–Trinajstić information content (AvgIpc) is 2.40. The Balaban J connectivity index is 1.93. The third kappa shape index (κ3) is 3.62. The maximum atomic E-state index is 6.02. The highest BCUT2D eigenvalue weighted by Crippen LogP contribution is 2.29. The van der Waals surface area contributed by atoms with Crippen LogP contribution in [0.2, 0.25) is 5.02 Å². The molecule has 0 saturated heterocycles. The molecule has 0 aromatic heterocycles. The number of halogens is 2. The normalized spacial score (nSPS) is 10.8. The van der Waals surface area contributed by atoms with Gasteiger partial charge in [0, 0.05) is 6.54 Å². The molecule has 3 heteroatoms. The number of hydrogen-bond donors (Lipinski definition) is 1. The molecule has 0 aliphatic heterocycles. The summed E-state index contributed by atoms with van der Waals surface area (Å²) in [6, 6.07) is 16.0. The van der Waals surface area contributed by atoms with E-state index >= 15 is 0 Å². The van der Waals surface area contributed by atoms with Crippen LogP contribution in [0.5, 0.6) is 0 Å². The van der Waals surface area contributed by atoms with Crippen molar-refractivity contribution in [3.05, 3.63) is 69.7 Å². The van der Waals surface area contributed by atoms with Gasteiger partial charge >= 0.3 is 0 Å². The first kappa shape index (κ1) is 13.2. The van der Waals surface area contributed by atoms with Crippen LogP contribution in [-0.2, 0) is 0 Å². The lowest BCUT2D eigenvalue weighted by atomic mass is 10.2. The summed E-state index contributed by atoms with van der Waals surface area (Å²) in [5.41, 5.74) is 2.20. The van der Waals surface area contributed by atoms with Crippen molar-refractivity contribution in [2.24, 2.45) is 0 Å². The SMILES string of the molecule is Clc1cccc(NC/C=C/c2ccccc2)c1Br.